The number of nitrogens with zero attached hydrogens (tertiary/aromatic N) is 1. The van der Waals surface area contributed by atoms with Crippen LogP contribution in [0.5, 0.6) is 0 Å². The first-order valence-electron chi connectivity index (χ1n) is 6.82. The predicted octanol–water partition coefficient (Wildman–Crippen LogP) is -1.86. The summed E-state index contributed by atoms with van der Waals surface area (Å²) in [5.74, 6) is 0. The number of aliphatic hydroxyl groups is 2. The molecular formula is C10H14N2O11P2S-2. The zero-order chi connectivity index (χ0) is 19.7. The number of H-pyrrole nitrogens is 1. The van der Waals surface area contributed by atoms with E-state index in [1.165, 1.54) is 12.3 Å². The first kappa shape index (κ1) is 21.5. The Balaban J connectivity index is 2.08. The third kappa shape index (κ3) is 5.15. The molecule has 2 heterocycles. The zero-order valence-electron chi connectivity index (χ0n) is 13.0. The van der Waals surface area contributed by atoms with Crippen LogP contribution >= 0.6 is 27.9 Å². The fraction of sp³-hybridized carbons (Fsp3) is 0.600. The highest BCUT2D eigenvalue weighted by Crippen LogP contribution is 2.55. The SMILES string of the molecule is COP(=O)([O-])OP(=O)([O-])OC[C@H]1O[C@@H](n2ccc(=S)[nH]c2=O)[C@H](O)[C@@H]1O. The number of aromatic amines is 1. The average molecular weight is 432 g/mol. The molecule has 26 heavy (non-hydrogen) atoms. The fourth-order valence-corrected chi connectivity index (χ4v) is 3.98. The summed E-state index contributed by atoms with van der Waals surface area (Å²) in [7, 11) is -9.78. The molecular weight excluding hydrogens is 418 g/mol. The van der Waals surface area contributed by atoms with Crippen LogP contribution in [0.1, 0.15) is 6.23 Å². The zero-order valence-corrected chi connectivity index (χ0v) is 15.6. The summed E-state index contributed by atoms with van der Waals surface area (Å²) in [6.07, 6.45) is -4.82. The second kappa shape index (κ2) is 8.09. The fourth-order valence-electron chi connectivity index (χ4n) is 2.07. The molecule has 2 unspecified atom stereocenters. The molecule has 1 aliphatic heterocycles. The lowest BCUT2D eigenvalue weighted by Crippen LogP contribution is -2.36. The minimum absolute atomic E-state index is 0.129. The van der Waals surface area contributed by atoms with E-state index in [9.17, 15) is 33.9 Å². The molecule has 0 aliphatic carbocycles. The van der Waals surface area contributed by atoms with Crippen LogP contribution in [-0.4, -0.2) is 51.8 Å². The van der Waals surface area contributed by atoms with Crippen LogP contribution in [0.3, 0.4) is 0 Å². The lowest BCUT2D eigenvalue weighted by atomic mass is 10.1. The van der Waals surface area contributed by atoms with Gasteiger partial charge in [-0.25, -0.2) is 9.11 Å². The highest BCUT2D eigenvalue weighted by Gasteiger charge is 2.44. The summed E-state index contributed by atoms with van der Waals surface area (Å²) in [5.41, 5.74) is -0.736. The number of hydrogen-bond acceptors (Lipinski definition) is 12. The topological polar surface area (TPSA) is 195 Å². The van der Waals surface area contributed by atoms with Crippen molar-refractivity contribution in [1.82, 2.24) is 9.55 Å². The van der Waals surface area contributed by atoms with E-state index >= 15 is 0 Å². The van der Waals surface area contributed by atoms with E-state index in [1.54, 1.807) is 0 Å². The van der Waals surface area contributed by atoms with Crippen LogP contribution in [0.2, 0.25) is 0 Å². The number of aliphatic hydroxyl groups excluding tert-OH is 2. The molecule has 0 saturated carbocycles. The van der Waals surface area contributed by atoms with Crippen molar-refractivity contribution in [2.24, 2.45) is 0 Å². The van der Waals surface area contributed by atoms with E-state index < -0.39 is 52.5 Å². The van der Waals surface area contributed by atoms with Gasteiger partial charge in [0.25, 0.3) is 15.6 Å². The summed E-state index contributed by atoms with van der Waals surface area (Å²) >= 11 is 4.77. The highest BCUT2D eigenvalue weighted by molar-refractivity contribution is 7.71. The number of phosphoric acid groups is 2. The standard InChI is InChI=1S/C10H16N2O11P2S/c1-20-24(16,17)23-25(18,19)21-4-5-7(13)8(14)9(22-5)12-3-2-6(26)11-10(12)15/h2-3,5,7-9,13-14H,4H2,1H3,(H,16,17)(H,18,19)(H,11,15,26)/p-2/t5-,7-,8-,9-/m1/s1. The number of rotatable bonds is 7. The van der Waals surface area contributed by atoms with Gasteiger partial charge < -0.3 is 33.8 Å². The Morgan fingerprint density at radius 3 is 2.58 bits per heavy atom. The van der Waals surface area contributed by atoms with Gasteiger partial charge in [0.05, 0.1) is 6.61 Å². The van der Waals surface area contributed by atoms with Gasteiger partial charge >= 0.3 is 5.69 Å². The van der Waals surface area contributed by atoms with E-state index in [1.807, 2.05) is 0 Å². The second-order valence-electron chi connectivity index (χ2n) is 5.02. The quantitative estimate of drug-likeness (QED) is 0.322. The third-order valence-electron chi connectivity index (χ3n) is 3.28. The maximum Gasteiger partial charge on any atom is 0.328 e. The van der Waals surface area contributed by atoms with Crippen molar-refractivity contribution in [3.05, 3.63) is 27.4 Å². The molecule has 1 aromatic heterocycles. The van der Waals surface area contributed by atoms with Crippen LogP contribution in [0.4, 0.5) is 0 Å². The van der Waals surface area contributed by atoms with Crippen molar-refractivity contribution in [3.8, 4) is 0 Å². The van der Waals surface area contributed by atoms with Gasteiger partial charge in [-0.05, 0) is 6.07 Å². The number of hydrogen-bond donors (Lipinski definition) is 3. The Hall–Kier alpha value is -0.760. The number of phosphoric ester groups is 2. The van der Waals surface area contributed by atoms with Crippen LogP contribution in [0.25, 0.3) is 0 Å². The Morgan fingerprint density at radius 2 is 2.00 bits per heavy atom. The number of aromatic nitrogens is 2. The van der Waals surface area contributed by atoms with Gasteiger partial charge in [0.15, 0.2) is 6.23 Å². The second-order valence-corrected chi connectivity index (χ2v) is 8.52. The Morgan fingerprint density at radius 1 is 1.35 bits per heavy atom. The normalized spacial score (nSPS) is 30.7. The van der Waals surface area contributed by atoms with Gasteiger partial charge in [-0.2, -0.15) is 0 Å². The third-order valence-corrected chi connectivity index (χ3v) is 6.03. The smallest absolute Gasteiger partial charge is 0.328 e. The summed E-state index contributed by atoms with van der Waals surface area (Å²) in [6, 6.07) is 1.33. The molecule has 1 fully saturated rings. The summed E-state index contributed by atoms with van der Waals surface area (Å²) in [6.45, 7) is -0.892. The lowest BCUT2D eigenvalue weighted by Gasteiger charge is -2.30. The minimum atomic E-state index is -5.35. The van der Waals surface area contributed by atoms with Gasteiger partial charge in [0.1, 0.15) is 23.0 Å². The largest absolute Gasteiger partial charge is 0.756 e. The predicted molar refractivity (Wildman–Crippen MR) is 81.1 cm³/mol. The molecule has 1 aliphatic rings. The monoisotopic (exact) mass is 432 g/mol. The van der Waals surface area contributed by atoms with Crippen LogP contribution in [0.15, 0.2) is 17.1 Å². The first-order chi connectivity index (χ1) is 12.0. The van der Waals surface area contributed by atoms with Gasteiger partial charge in [0, 0.05) is 13.3 Å². The number of nitrogens with one attached hydrogen (secondary N) is 1. The molecule has 1 aromatic rings. The van der Waals surface area contributed by atoms with Gasteiger partial charge in [-0.1, -0.05) is 12.2 Å². The molecule has 2 rings (SSSR count). The van der Waals surface area contributed by atoms with E-state index in [4.69, 9.17) is 17.0 Å². The first-order valence-corrected chi connectivity index (χ1v) is 10.2. The molecule has 0 radical (unpaired) electrons. The van der Waals surface area contributed by atoms with E-state index in [0.717, 1.165) is 4.57 Å². The molecule has 3 N–H and O–H groups in total. The van der Waals surface area contributed by atoms with E-state index in [-0.39, 0.29) is 4.64 Å². The summed E-state index contributed by atoms with van der Waals surface area (Å²) in [4.78, 5) is 36.6. The van der Waals surface area contributed by atoms with Crippen molar-refractivity contribution in [2.45, 2.75) is 24.5 Å². The van der Waals surface area contributed by atoms with E-state index in [0.29, 0.717) is 7.11 Å². The minimum Gasteiger partial charge on any atom is -0.756 e. The molecule has 0 aromatic carbocycles. The van der Waals surface area contributed by atoms with Crippen molar-refractivity contribution < 1.29 is 47.2 Å². The van der Waals surface area contributed by atoms with Crippen LogP contribution < -0.4 is 15.5 Å². The lowest BCUT2D eigenvalue weighted by molar-refractivity contribution is -0.244. The van der Waals surface area contributed by atoms with Crippen molar-refractivity contribution in [1.29, 1.82) is 0 Å². The van der Waals surface area contributed by atoms with Crippen molar-refractivity contribution in [3.63, 3.8) is 0 Å². The molecule has 0 amide bonds. The molecule has 148 valence electrons. The molecule has 16 heteroatoms. The Kier molecular flexibility index (Phi) is 6.70. The van der Waals surface area contributed by atoms with E-state index in [2.05, 4.69) is 18.3 Å². The maximum absolute atomic E-state index is 11.8. The molecule has 1 saturated heterocycles. The molecule has 0 bridgehead atoms. The molecule has 0 spiro atoms. The highest BCUT2D eigenvalue weighted by atomic mass is 32.1. The summed E-state index contributed by atoms with van der Waals surface area (Å²) < 4.78 is 40.6. The van der Waals surface area contributed by atoms with Gasteiger partial charge in [-0.3, -0.25) is 18.7 Å². The van der Waals surface area contributed by atoms with Gasteiger partial charge in [0.2, 0.25) is 0 Å². The molecule has 13 nitrogen and oxygen atoms in total. The van der Waals surface area contributed by atoms with Gasteiger partial charge in [-0.15, -0.1) is 0 Å². The Labute approximate surface area is 151 Å². The summed E-state index contributed by atoms with van der Waals surface area (Å²) in [5, 5.41) is 19.9. The molecule has 6 atom stereocenters. The van der Waals surface area contributed by atoms with Crippen LogP contribution in [0, 0.1) is 4.64 Å². The average Bonchev–Trinajstić information content (AvgIpc) is 2.80. The number of ether oxygens (including phenoxy) is 1. The Bertz CT molecular complexity index is 856. The van der Waals surface area contributed by atoms with Crippen molar-refractivity contribution >= 4 is 27.9 Å². The maximum atomic E-state index is 11.8. The van der Waals surface area contributed by atoms with Crippen molar-refractivity contribution in [2.75, 3.05) is 13.7 Å². The van der Waals surface area contributed by atoms with Crippen LogP contribution in [-0.2, 0) is 27.2 Å².